The van der Waals surface area contributed by atoms with Gasteiger partial charge in [0.05, 0.1) is 22.6 Å². The standard InChI is InChI=1S/C22H23FN2O4S2/c1-29-19-10-9-15(31(27,28)25-11-4-2-3-5-12-25)13-18(19)24-22(26)21-14-16-17(23)7-6-8-20(16)30-21/h6-10,13-14H,2-5,11-12H2,1H3,(H,24,26). The van der Waals surface area contributed by atoms with Gasteiger partial charge in [-0.15, -0.1) is 11.3 Å². The molecule has 1 aromatic heterocycles. The third-order valence-electron chi connectivity index (χ3n) is 5.35. The fourth-order valence-electron chi connectivity index (χ4n) is 3.70. The molecular weight excluding hydrogens is 439 g/mol. The van der Waals surface area contributed by atoms with E-state index in [2.05, 4.69) is 5.32 Å². The van der Waals surface area contributed by atoms with Gasteiger partial charge in [-0.05, 0) is 49.2 Å². The summed E-state index contributed by atoms with van der Waals surface area (Å²) in [5.41, 5.74) is 0.251. The zero-order valence-electron chi connectivity index (χ0n) is 17.1. The Morgan fingerprint density at radius 1 is 1.10 bits per heavy atom. The molecule has 0 bridgehead atoms. The predicted molar refractivity (Wildman–Crippen MR) is 120 cm³/mol. The van der Waals surface area contributed by atoms with E-state index in [1.54, 1.807) is 12.1 Å². The predicted octanol–water partition coefficient (Wildman–Crippen LogP) is 4.87. The van der Waals surface area contributed by atoms with E-state index in [0.717, 1.165) is 25.7 Å². The minimum absolute atomic E-state index is 0.105. The normalized spacial score (nSPS) is 15.5. The Morgan fingerprint density at radius 2 is 1.84 bits per heavy atom. The Bertz CT molecular complexity index is 1220. The highest BCUT2D eigenvalue weighted by Gasteiger charge is 2.26. The molecule has 0 saturated carbocycles. The number of amides is 1. The van der Waals surface area contributed by atoms with Gasteiger partial charge < -0.3 is 10.1 Å². The number of sulfonamides is 1. The van der Waals surface area contributed by atoms with Crippen molar-refractivity contribution >= 4 is 43.0 Å². The molecule has 0 atom stereocenters. The zero-order chi connectivity index (χ0) is 22.0. The molecule has 2 aromatic carbocycles. The molecule has 0 unspecified atom stereocenters. The van der Waals surface area contributed by atoms with Crippen LogP contribution >= 0.6 is 11.3 Å². The maximum Gasteiger partial charge on any atom is 0.265 e. The number of nitrogens with zero attached hydrogens (tertiary/aromatic N) is 1. The van der Waals surface area contributed by atoms with Gasteiger partial charge in [0.15, 0.2) is 0 Å². The Hall–Kier alpha value is -2.49. The van der Waals surface area contributed by atoms with E-state index in [-0.39, 0.29) is 10.6 Å². The van der Waals surface area contributed by atoms with Crippen LogP contribution in [0.1, 0.15) is 35.4 Å². The molecule has 31 heavy (non-hydrogen) atoms. The van der Waals surface area contributed by atoms with Gasteiger partial charge in [-0.3, -0.25) is 4.79 Å². The first kappa shape index (κ1) is 21.7. The Morgan fingerprint density at radius 3 is 2.52 bits per heavy atom. The van der Waals surface area contributed by atoms with Crippen LogP contribution in [-0.4, -0.2) is 38.8 Å². The Kier molecular flexibility index (Phi) is 6.27. The number of carbonyl (C=O) groups excluding carboxylic acids is 1. The lowest BCUT2D eigenvalue weighted by molar-refractivity contribution is 0.103. The summed E-state index contributed by atoms with van der Waals surface area (Å²) in [6.45, 7) is 0.979. The molecule has 3 aromatic rings. The molecule has 6 nitrogen and oxygen atoms in total. The summed E-state index contributed by atoms with van der Waals surface area (Å²) in [6, 6.07) is 10.6. The number of hydrogen-bond acceptors (Lipinski definition) is 5. The van der Waals surface area contributed by atoms with Crippen LogP contribution < -0.4 is 10.1 Å². The molecule has 1 amide bonds. The topological polar surface area (TPSA) is 75.7 Å². The molecular formula is C22H23FN2O4S2. The van der Waals surface area contributed by atoms with Gasteiger partial charge in [0.2, 0.25) is 10.0 Å². The lowest BCUT2D eigenvalue weighted by Crippen LogP contribution is -2.32. The van der Waals surface area contributed by atoms with Crippen LogP contribution in [0.5, 0.6) is 5.75 Å². The molecule has 1 saturated heterocycles. The van der Waals surface area contributed by atoms with Crippen molar-refractivity contribution in [3.05, 3.63) is 53.2 Å². The SMILES string of the molecule is COc1ccc(S(=O)(=O)N2CCCCCC2)cc1NC(=O)c1cc2c(F)cccc2s1. The highest BCUT2D eigenvalue weighted by atomic mass is 32.2. The summed E-state index contributed by atoms with van der Waals surface area (Å²) in [6.07, 6.45) is 3.71. The van der Waals surface area contributed by atoms with Gasteiger partial charge in [-0.1, -0.05) is 18.9 Å². The van der Waals surface area contributed by atoms with E-state index in [9.17, 15) is 17.6 Å². The molecule has 1 N–H and O–H groups in total. The number of benzene rings is 2. The minimum atomic E-state index is -3.68. The van der Waals surface area contributed by atoms with E-state index in [4.69, 9.17) is 4.74 Å². The molecule has 9 heteroatoms. The zero-order valence-corrected chi connectivity index (χ0v) is 18.7. The first-order chi connectivity index (χ1) is 14.9. The van der Waals surface area contributed by atoms with Crippen molar-refractivity contribution in [3.63, 3.8) is 0 Å². The number of halogens is 1. The lowest BCUT2D eigenvalue weighted by atomic mass is 10.2. The molecule has 1 fully saturated rings. The monoisotopic (exact) mass is 462 g/mol. The van der Waals surface area contributed by atoms with Gasteiger partial charge in [0.25, 0.3) is 5.91 Å². The summed E-state index contributed by atoms with van der Waals surface area (Å²) in [4.78, 5) is 13.3. The van der Waals surface area contributed by atoms with E-state index in [1.165, 1.54) is 53.1 Å². The molecule has 4 rings (SSSR count). The van der Waals surface area contributed by atoms with Crippen LogP contribution in [0.15, 0.2) is 47.4 Å². The number of anilines is 1. The number of fused-ring (bicyclic) bond motifs is 1. The number of carbonyl (C=O) groups is 1. The third-order valence-corrected chi connectivity index (χ3v) is 8.35. The van der Waals surface area contributed by atoms with Crippen molar-refractivity contribution in [3.8, 4) is 5.75 Å². The largest absolute Gasteiger partial charge is 0.495 e. The van der Waals surface area contributed by atoms with Crippen molar-refractivity contribution < 1.29 is 22.3 Å². The molecule has 0 spiro atoms. The van der Waals surface area contributed by atoms with Crippen molar-refractivity contribution in [2.24, 2.45) is 0 Å². The maximum atomic E-state index is 14.0. The molecule has 1 aliphatic heterocycles. The number of thiophene rings is 1. The second-order valence-corrected chi connectivity index (χ2v) is 10.4. The smallest absolute Gasteiger partial charge is 0.265 e. The van der Waals surface area contributed by atoms with Crippen LogP contribution in [0, 0.1) is 5.82 Å². The highest BCUT2D eigenvalue weighted by molar-refractivity contribution is 7.89. The van der Waals surface area contributed by atoms with Crippen LogP contribution in [0.25, 0.3) is 10.1 Å². The molecule has 2 heterocycles. The fourth-order valence-corrected chi connectivity index (χ4v) is 6.21. The Labute approximate surface area is 184 Å². The molecule has 164 valence electrons. The highest BCUT2D eigenvalue weighted by Crippen LogP contribution is 2.32. The average Bonchev–Trinajstić information content (AvgIpc) is 3.01. The average molecular weight is 463 g/mol. The molecule has 1 aliphatic rings. The van der Waals surface area contributed by atoms with Gasteiger partial charge >= 0.3 is 0 Å². The van der Waals surface area contributed by atoms with E-state index in [1.807, 2.05) is 0 Å². The lowest BCUT2D eigenvalue weighted by Gasteiger charge is -2.21. The summed E-state index contributed by atoms with van der Waals surface area (Å²) < 4.78 is 47.7. The van der Waals surface area contributed by atoms with Crippen molar-refractivity contribution in [2.75, 3.05) is 25.5 Å². The number of rotatable bonds is 5. The van der Waals surface area contributed by atoms with Gasteiger partial charge in [0.1, 0.15) is 11.6 Å². The van der Waals surface area contributed by atoms with Crippen LogP contribution in [0.4, 0.5) is 10.1 Å². The van der Waals surface area contributed by atoms with Crippen molar-refractivity contribution in [1.82, 2.24) is 4.31 Å². The number of hydrogen-bond donors (Lipinski definition) is 1. The number of methoxy groups -OCH3 is 1. The van der Waals surface area contributed by atoms with E-state index in [0.29, 0.717) is 33.8 Å². The second-order valence-electron chi connectivity index (χ2n) is 7.40. The quantitative estimate of drug-likeness (QED) is 0.587. The van der Waals surface area contributed by atoms with Gasteiger partial charge in [-0.25, -0.2) is 12.8 Å². The summed E-state index contributed by atoms with van der Waals surface area (Å²) in [5.74, 6) is -0.505. The summed E-state index contributed by atoms with van der Waals surface area (Å²) >= 11 is 1.17. The first-order valence-electron chi connectivity index (χ1n) is 10.1. The van der Waals surface area contributed by atoms with Crippen molar-refractivity contribution in [1.29, 1.82) is 0 Å². The molecule has 0 radical (unpaired) electrons. The van der Waals surface area contributed by atoms with E-state index < -0.39 is 21.7 Å². The van der Waals surface area contributed by atoms with Crippen LogP contribution in [-0.2, 0) is 10.0 Å². The van der Waals surface area contributed by atoms with Crippen LogP contribution in [0.3, 0.4) is 0 Å². The summed E-state index contributed by atoms with van der Waals surface area (Å²) in [5, 5.41) is 3.10. The fraction of sp³-hybridized carbons (Fsp3) is 0.318. The minimum Gasteiger partial charge on any atom is -0.495 e. The first-order valence-corrected chi connectivity index (χ1v) is 12.3. The van der Waals surface area contributed by atoms with Gasteiger partial charge in [0, 0.05) is 23.2 Å². The van der Waals surface area contributed by atoms with Gasteiger partial charge in [-0.2, -0.15) is 4.31 Å². The van der Waals surface area contributed by atoms with E-state index >= 15 is 0 Å². The van der Waals surface area contributed by atoms with Crippen LogP contribution in [0.2, 0.25) is 0 Å². The molecule has 0 aliphatic carbocycles. The third kappa shape index (κ3) is 4.44. The number of nitrogens with one attached hydrogen (secondary N) is 1. The Balaban J connectivity index is 1.64. The summed E-state index contributed by atoms with van der Waals surface area (Å²) in [7, 11) is -2.23. The second kappa shape index (κ2) is 8.94. The van der Waals surface area contributed by atoms with Crippen molar-refractivity contribution in [2.45, 2.75) is 30.6 Å². The maximum absolute atomic E-state index is 14.0. The number of ether oxygens (including phenoxy) is 1.